The van der Waals surface area contributed by atoms with E-state index in [1.54, 1.807) is 7.11 Å². The summed E-state index contributed by atoms with van der Waals surface area (Å²) in [6.45, 7) is 7.21. The van der Waals surface area contributed by atoms with Crippen LogP contribution in [-0.4, -0.2) is 87.9 Å². The number of ether oxygens (including phenoxy) is 1. The molecule has 0 bridgehead atoms. The van der Waals surface area contributed by atoms with Crippen LogP contribution in [0.1, 0.15) is 52.4 Å². The van der Waals surface area contributed by atoms with Crippen LogP contribution in [0.15, 0.2) is 0 Å². The smallest absolute Gasteiger partial charge is 0.217 e. The highest BCUT2D eigenvalue weighted by Gasteiger charge is 2.45. The lowest BCUT2D eigenvalue weighted by Crippen LogP contribution is -2.56. The zero-order valence-electron chi connectivity index (χ0n) is 19.6. The Bertz CT molecular complexity index is 716. The van der Waals surface area contributed by atoms with Crippen molar-refractivity contribution in [3.63, 3.8) is 0 Å². The first kappa shape index (κ1) is 23.8. The van der Waals surface area contributed by atoms with Gasteiger partial charge in [-0.15, -0.1) is 0 Å². The molecule has 9 nitrogen and oxygen atoms in total. The van der Waals surface area contributed by atoms with E-state index >= 15 is 0 Å². The van der Waals surface area contributed by atoms with E-state index in [4.69, 9.17) is 4.74 Å². The number of methoxy groups -OCH3 is 1. The third-order valence-electron chi connectivity index (χ3n) is 8.50. The van der Waals surface area contributed by atoms with Gasteiger partial charge in [0.25, 0.3) is 0 Å². The maximum Gasteiger partial charge on any atom is 0.217 e. The van der Waals surface area contributed by atoms with Gasteiger partial charge >= 0.3 is 0 Å². The van der Waals surface area contributed by atoms with Gasteiger partial charge in [-0.1, -0.05) is 13.3 Å². The molecular formula is C21H42N6O3S. The van der Waals surface area contributed by atoms with E-state index in [1.807, 2.05) is 7.05 Å². The van der Waals surface area contributed by atoms with Gasteiger partial charge in [0.05, 0.1) is 11.8 Å². The van der Waals surface area contributed by atoms with Crippen molar-refractivity contribution in [2.75, 3.05) is 40.3 Å². The van der Waals surface area contributed by atoms with Crippen LogP contribution in [0.2, 0.25) is 0 Å². The molecule has 4 fully saturated rings. The van der Waals surface area contributed by atoms with Crippen LogP contribution in [0.3, 0.4) is 0 Å². The highest BCUT2D eigenvalue weighted by Crippen LogP contribution is 2.34. The fourth-order valence-corrected chi connectivity index (χ4v) is 7.70. The van der Waals surface area contributed by atoms with Gasteiger partial charge in [0, 0.05) is 45.9 Å². The molecule has 1 saturated carbocycles. The largest absolute Gasteiger partial charge is 0.378 e. The summed E-state index contributed by atoms with van der Waals surface area (Å²) in [7, 11) is 0.429. The Labute approximate surface area is 188 Å². The van der Waals surface area contributed by atoms with Crippen molar-refractivity contribution in [2.24, 2.45) is 11.8 Å². The van der Waals surface area contributed by atoms with Crippen molar-refractivity contribution >= 4 is 10.0 Å². The van der Waals surface area contributed by atoms with Gasteiger partial charge in [0.15, 0.2) is 0 Å². The quantitative estimate of drug-likeness (QED) is 0.430. The molecule has 3 aliphatic heterocycles. The summed E-state index contributed by atoms with van der Waals surface area (Å²) < 4.78 is 35.5. The number of sulfonamides is 1. The summed E-state index contributed by atoms with van der Waals surface area (Å²) in [6.07, 6.45) is 6.31. The maximum atomic E-state index is 13.3. The molecule has 1 aliphatic carbocycles. The highest BCUT2D eigenvalue weighted by atomic mass is 32.2. The Kier molecular flexibility index (Phi) is 7.30. The van der Waals surface area contributed by atoms with E-state index < -0.39 is 15.3 Å². The predicted molar refractivity (Wildman–Crippen MR) is 121 cm³/mol. The van der Waals surface area contributed by atoms with E-state index in [0.717, 1.165) is 45.2 Å². The standard InChI is InChI=1S/C21H42N6O3S/c1-5-21(2,30-4)16-9-10-22-19(11-16)27-14-17(13-24-27)31(28,29)25-18-8-6-7-15-12-23-26(3)20(15)18/h15-20,22-25H,5-14H2,1-4H3/t15?,16?,17?,18?,19?,20?,21-/m1/s1. The lowest BCUT2D eigenvalue weighted by atomic mass is 9.79. The van der Waals surface area contributed by atoms with Crippen molar-refractivity contribution in [1.82, 2.24) is 30.9 Å². The van der Waals surface area contributed by atoms with Gasteiger partial charge in [-0.25, -0.2) is 23.2 Å². The zero-order valence-corrected chi connectivity index (χ0v) is 20.4. The molecule has 3 heterocycles. The summed E-state index contributed by atoms with van der Waals surface area (Å²) >= 11 is 0. The van der Waals surface area contributed by atoms with Gasteiger partial charge in [-0.05, 0) is 57.4 Å². The molecule has 0 aromatic carbocycles. The topological polar surface area (TPSA) is 98.0 Å². The molecule has 10 heteroatoms. The Hall–Kier alpha value is -0.330. The number of piperidine rings is 1. The van der Waals surface area contributed by atoms with Gasteiger partial charge in [0.2, 0.25) is 10.0 Å². The lowest BCUT2D eigenvalue weighted by Gasteiger charge is -2.43. The molecule has 0 aromatic rings. The molecular weight excluding hydrogens is 416 g/mol. The van der Waals surface area contributed by atoms with E-state index in [9.17, 15) is 8.42 Å². The van der Waals surface area contributed by atoms with E-state index in [1.165, 1.54) is 6.42 Å². The van der Waals surface area contributed by atoms with E-state index in [0.29, 0.717) is 24.9 Å². The number of nitrogens with zero attached hydrogens (tertiary/aromatic N) is 2. The van der Waals surface area contributed by atoms with Gasteiger partial charge in [-0.3, -0.25) is 10.9 Å². The van der Waals surface area contributed by atoms with Crippen LogP contribution in [0.5, 0.6) is 0 Å². The zero-order chi connectivity index (χ0) is 22.2. The Balaban J connectivity index is 1.36. The molecule has 0 aromatic heterocycles. The summed E-state index contributed by atoms with van der Waals surface area (Å²) in [5, 5.41) is 7.36. The van der Waals surface area contributed by atoms with Crippen LogP contribution in [-0.2, 0) is 14.8 Å². The molecule has 7 atom stereocenters. The number of hydrazine groups is 2. The maximum absolute atomic E-state index is 13.3. The van der Waals surface area contributed by atoms with Crippen molar-refractivity contribution in [1.29, 1.82) is 0 Å². The first-order valence-electron chi connectivity index (χ1n) is 12.0. The predicted octanol–water partition coefficient (Wildman–Crippen LogP) is 0.223. The molecule has 0 amide bonds. The summed E-state index contributed by atoms with van der Waals surface area (Å²) in [5.41, 5.74) is 6.62. The molecule has 3 saturated heterocycles. The van der Waals surface area contributed by atoms with Crippen LogP contribution < -0.4 is 20.9 Å². The SMILES string of the molecule is CC[C@@](C)(OC)C1CCNC(N2CC(S(=O)(=O)NC3CCCC4CNN(C)C43)CN2)C1. The summed E-state index contributed by atoms with van der Waals surface area (Å²) in [5.74, 6) is 0.982. The van der Waals surface area contributed by atoms with Crippen molar-refractivity contribution in [3.8, 4) is 0 Å². The molecule has 6 unspecified atom stereocenters. The summed E-state index contributed by atoms with van der Waals surface area (Å²) in [6, 6.07) is 0.234. The molecule has 0 radical (unpaired) electrons. The minimum absolute atomic E-state index is 0.0121. The normalized spacial score (nSPS) is 40.0. The van der Waals surface area contributed by atoms with Crippen molar-refractivity contribution in [3.05, 3.63) is 0 Å². The number of rotatable bonds is 7. The van der Waals surface area contributed by atoms with E-state index in [2.05, 4.69) is 44.8 Å². The fourth-order valence-electron chi connectivity index (χ4n) is 6.18. The molecule has 4 rings (SSSR count). The number of hydrogen-bond donors (Lipinski definition) is 4. The fraction of sp³-hybridized carbons (Fsp3) is 1.00. The van der Waals surface area contributed by atoms with Gasteiger partial charge in [0.1, 0.15) is 5.25 Å². The second-order valence-electron chi connectivity index (χ2n) is 10.1. The second kappa shape index (κ2) is 9.50. The first-order chi connectivity index (χ1) is 14.8. The molecule has 4 N–H and O–H groups in total. The average Bonchev–Trinajstić information content (AvgIpc) is 3.42. The molecule has 31 heavy (non-hydrogen) atoms. The third-order valence-corrected chi connectivity index (χ3v) is 10.3. The minimum atomic E-state index is -3.41. The van der Waals surface area contributed by atoms with Crippen LogP contribution in [0.25, 0.3) is 0 Å². The Morgan fingerprint density at radius 1 is 1.19 bits per heavy atom. The minimum Gasteiger partial charge on any atom is -0.378 e. The third kappa shape index (κ3) is 4.82. The number of nitrogens with one attached hydrogen (secondary N) is 4. The molecule has 4 aliphatic rings. The number of likely N-dealkylation sites (N-methyl/N-ethyl adjacent to an activating group) is 1. The van der Waals surface area contributed by atoms with E-state index in [-0.39, 0.29) is 23.9 Å². The average molecular weight is 459 g/mol. The van der Waals surface area contributed by atoms with Crippen molar-refractivity contribution in [2.45, 2.75) is 81.5 Å². The highest BCUT2D eigenvalue weighted by molar-refractivity contribution is 7.90. The Morgan fingerprint density at radius 2 is 2.00 bits per heavy atom. The molecule has 180 valence electrons. The molecule has 0 spiro atoms. The summed E-state index contributed by atoms with van der Waals surface area (Å²) in [4.78, 5) is 0. The van der Waals surface area contributed by atoms with Gasteiger partial charge < -0.3 is 10.1 Å². The lowest BCUT2D eigenvalue weighted by molar-refractivity contribution is -0.0717. The van der Waals surface area contributed by atoms with Crippen LogP contribution in [0.4, 0.5) is 0 Å². The first-order valence-corrected chi connectivity index (χ1v) is 13.6. The second-order valence-corrected chi connectivity index (χ2v) is 12.1. The van der Waals surface area contributed by atoms with Crippen molar-refractivity contribution < 1.29 is 13.2 Å². The van der Waals surface area contributed by atoms with Crippen LogP contribution in [0, 0.1) is 11.8 Å². The monoisotopic (exact) mass is 458 g/mol. The van der Waals surface area contributed by atoms with Crippen LogP contribution >= 0.6 is 0 Å². The number of hydrogen-bond acceptors (Lipinski definition) is 8. The number of fused-ring (bicyclic) bond motifs is 1. The Morgan fingerprint density at radius 3 is 2.74 bits per heavy atom. The van der Waals surface area contributed by atoms with Gasteiger partial charge in [-0.2, -0.15) is 0 Å².